The lowest BCUT2D eigenvalue weighted by atomic mass is 9.67. The van der Waals surface area contributed by atoms with Gasteiger partial charge in [-0.05, 0) is 132 Å². The molecule has 0 saturated heterocycles. The molecule has 11 aromatic rings. The van der Waals surface area contributed by atoms with E-state index in [1.54, 1.807) is 0 Å². The number of hydrogen-bond donors (Lipinski definition) is 0. The SMILES string of the molecule is c1ccc(-c2nc3cc(N(c4ccc5c(c4)C(c4ccccc4)(c4ccccc4)c4ccccc4-5)c4ccc5c(c4)C4(c6ccccc6-c6ccccc64)c4ccccc4-5)ccc3o2)cc1. The Hall–Kier alpha value is -8.53. The molecule has 0 radical (unpaired) electrons. The zero-order valence-corrected chi connectivity index (χ0v) is 35.9. The number of hydrogen-bond acceptors (Lipinski definition) is 3. The number of aromatic nitrogens is 1. The van der Waals surface area contributed by atoms with Crippen molar-refractivity contribution in [3.05, 3.63) is 287 Å². The maximum Gasteiger partial charge on any atom is 0.227 e. The van der Waals surface area contributed by atoms with Crippen molar-refractivity contribution in [2.75, 3.05) is 4.90 Å². The van der Waals surface area contributed by atoms with Crippen LogP contribution in [0.3, 0.4) is 0 Å². The van der Waals surface area contributed by atoms with Gasteiger partial charge < -0.3 is 9.32 Å². The highest BCUT2D eigenvalue weighted by Crippen LogP contribution is 2.64. The molecular weight excluding hydrogens is 801 g/mol. The largest absolute Gasteiger partial charge is 0.436 e. The van der Waals surface area contributed by atoms with Crippen LogP contribution in [0.2, 0.25) is 0 Å². The second-order valence-electron chi connectivity index (χ2n) is 17.7. The van der Waals surface area contributed by atoms with Crippen LogP contribution in [0.1, 0.15) is 44.5 Å². The fraction of sp³-hybridized carbons (Fsp3) is 0.0317. The number of oxazole rings is 1. The topological polar surface area (TPSA) is 29.3 Å². The number of fused-ring (bicyclic) bond motifs is 14. The monoisotopic (exact) mass is 840 g/mol. The molecule has 3 aliphatic rings. The van der Waals surface area contributed by atoms with Crippen LogP contribution in [0, 0.1) is 0 Å². The molecule has 10 aromatic carbocycles. The molecule has 0 amide bonds. The van der Waals surface area contributed by atoms with E-state index in [1.165, 1.54) is 77.9 Å². The molecule has 66 heavy (non-hydrogen) atoms. The summed E-state index contributed by atoms with van der Waals surface area (Å²) in [6.45, 7) is 0. The summed E-state index contributed by atoms with van der Waals surface area (Å²) in [5, 5.41) is 0. The van der Waals surface area contributed by atoms with Crippen LogP contribution < -0.4 is 4.90 Å². The molecule has 0 unspecified atom stereocenters. The maximum absolute atomic E-state index is 6.42. The average molecular weight is 841 g/mol. The molecule has 3 aliphatic carbocycles. The fourth-order valence-corrected chi connectivity index (χ4v) is 12.0. The van der Waals surface area contributed by atoms with Crippen LogP contribution in [0.25, 0.3) is 55.9 Å². The van der Waals surface area contributed by atoms with Gasteiger partial charge in [0.15, 0.2) is 5.58 Å². The minimum absolute atomic E-state index is 0.489. The van der Waals surface area contributed by atoms with Crippen molar-refractivity contribution in [2.45, 2.75) is 10.8 Å². The number of rotatable bonds is 6. The van der Waals surface area contributed by atoms with Crippen LogP contribution in [-0.4, -0.2) is 4.98 Å². The Morgan fingerprint density at radius 1 is 0.318 bits per heavy atom. The Balaban J connectivity index is 1.04. The molecule has 3 heteroatoms. The first-order valence-corrected chi connectivity index (χ1v) is 22.8. The summed E-state index contributed by atoms with van der Waals surface area (Å²) in [5.74, 6) is 0.607. The minimum Gasteiger partial charge on any atom is -0.436 e. The van der Waals surface area contributed by atoms with Crippen molar-refractivity contribution in [3.63, 3.8) is 0 Å². The van der Waals surface area contributed by atoms with Gasteiger partial charge in [-0.2, -0.15) is 0 Å². The highest BCUT2D eigenvalue weighted by molar-refractivity contribution is 5.97. The molecule has 308 valence electrons. The van der Waals surface area contributed by atoms with Gasteiger partial charge >= 0.3 is 0 Å². The van der Waals surface area contributed by atoms with E-state index in [1.807, 2.05) is 30.3 Å². The van der Waals surface area contributed by atoms with Gasteiger partial charge in [-0.3, -0.25) is 0 Å². The van der Waals surface area contributed by atoms with Crippen LogP contribution in [0.5, 0.6) is 0 Å². The van der Waals surface area contributed by atoms with Gasteiger partial charge in [0, 0.05) is 22.6 Å². The lowest BCUT2D eigenvalue weighted by molar-refractivity contribution is 0.620. The minimum atomic E-state index is -0.558. The van der Waals surface area contributed by atoms with E-state index < -0.39 is 10.8 Å². The van der Waals surface area contributed by atoms with Crippen LogP contribution >= 0.6 is 0 Å². The van der Waals surface area contributed by atoms with E-state index in [4.69, 9.17) is 9.40 Å². The summed E-state index contributed by atoms with van der Waals surface area (Å²) in [6.07, 6.45) is 0. The first-order chi connectivity index (χ1) is 32.7. The lowest BCUT2D eigenvalue weighted by Gasteiger charge is -2.35. The first kappa shape index (κ1) is 36.9. The molecule has 14 rings (SSSR count). The second kappa shape index (κ2) is 14.0. The summed E-state index contributed by atoms with van der Waals surface area (Å²) in [5.41, 5.74) is 22.4. The van der Waals surface area contributed by atoms with Crippen LogP contribution in [0.15, 0.2) is 247 Å². The second-order valence-corrected chi connectivity index (χ2v) is 17.7. The molecular formula is C63H40N2O. The molecule has 3 nitrogen and oxygen atoms in total. The molecule has 0 aliphatic heterocycles. The third-order valence-electron chi connectivity index (χ3n) is 14.6. The number of nitrogens with zero attached hydrogens (tertiary/aromatic N) is 2. The van der Waals surface area contributed by atoms with E-state index in [-0.39, 0.29) is 0 Å². The van der Waals surface area contributed by atoms with Crippen molar-refractivity contribution in [1.82, 2.24) is 4.98 Å². The summed E-state index contributed by atoms with van der Waals surface area (Å²) in [7, 11) is 0. The van der Waals surface area contributed by atoms with Crippen molar-refractivity contribution >= 4 is 28.2 Å². The summed E-state index contributed by atoms with van der Waals surface area (Å²) >= 11 is 0. The van der Waals surface area contributed by atoms with Crippen molar-refractivity contribution in [3.8, 4) is 44.8 Å². The molecule has 0 bridgehead atoms. The van der Waals surface area contributed by atoms with E-state index in [0.29, 0.717) is 5.89 Å². The van der Waals surface area contributed by atoms with Crippen molar-refractivity contribution in [1.29, 1.82) is 0 Å². The van der Waals surface area contributed by atoms with E-state index >= 15 is 0 Å². The Bertz CT molecular complexity index is 3510. The Morgan fingerprint density at radius 2 is 0.697 bits per heavy atom. The molecule has 1 spiro atoms. The molecule has 1 heterocycles. The predicted molar refractivity (Wildman–Crippen MR) is 268 cm³/mol. The smallest absolute Gasteiger partial charge is 0.227 e. The van der Waals surface area contributed by atoms with E-state index in [0.717, 1.165) is 33.7 Å². The Morgan fingerprint density at radius 3 is 1.20 bits per heavy atom. The van der Waals surface area contributed by atoms with Crippen molar-refractivity contribution in [2.24, 2.45) is 0 Å². The van der Waals surface area contributed by atoms with Gasteiger partial charge in [-0.15, -0.1) is 0 Å². The maximum atomic E-state index is 6.42. The zero-order valence-electron chi connectivity index (χ0n) is 35.9. The molecule has 0 atom stereocenters. The number of anilines is 3. The third kappa shape index (κ3) is 4.94. The van der Waals surface area contributed by atoms with Gasteiger partial charge in [-0.25, -0.2) is 4.98 Å². The highest BCUT2D eigenvalue weighted by atomic mass is 16.3. The summed E-state index contributed by atoms with van der Waals surface area (Å²) in [4.78, 5) is 7.53. The average Bonchev–Trinajstić information content (AvgIpc) is 4.12. The standard InChI is InChI=1S/C63H40N2O/c1-4-18-41(19-5-1)61-64-59-40-46(34-37-60(59)66-61)65(44-32-35-51-49-26-10-14-28-53(49)62(57(51)38-44,42-20-6-2-7-21-42)43-22-8-3-9-23-43)45-33-36-52-50-27-13-17-31-56(50)63(58(52)39-45)54-29-15-11-24-47(54)48-25-12-16-30-55(48)63/h1-40H. The van der Waals surface area contributed by atoms with Gasteiger partial charge in [0.05, 0.1) is 10.8 Å². The molecule has 0 fully saturated rings. The first-order valence-electron chi connectivity index (χ1n) is 22.8. The highest BCUT2D eigenvalue weighted by Gasteiger charge is 2.52. The van der Waals surface area contributed by atoms with Crippen molar-refractivity contribution < 1.29 is 4.42 Å². The fourth-order valence-electron chi connectivity index (χ4n) is 12.0. The predicted octanol–water partition coefficient (Wildman–Crippen LogP) is 15.7. The van der Waals surface area contributed by atoms with Gasteiger partial charge in [0.25, 0.3) is 0 Å². The zero-order chi connectivity index (χ0) is 43.4. The Kier molecular flexibility index (Phi) is 7.82. The van der Waals surface area contributed by atoms with E-state index in [9.17, 15) is 0 Å². The lowest BCUT2D eigenvalue weighted by Crippen LogP contribution is -2.28. The van der Waals surface area contributed by atoms with E-state index in [2.05, 4.69) is 217 Å². The molecule has 0 saturated carbocycles. The number of benzene rings is 10. The molecule has 1 aromatic heterocycles. The van der Waals surface area contributed by atoms with Crippen LogP contribution in [-0.2, 0) is 10.8 Å². The molecule has 0 N–H and O–H groups in total. The summed E-state index contributed by atoms with van der Waals surface area (Å²) in [6, 6.07) is 89.0. The third-order valence-corrected chi connectivity index (χ3v) is 14.6. The van der Waals surface area contributed by atoms with Gasteiger partial charge in [-0.1, -0.05) is 188 Å². The Labute approximate surface area is 383 Å². The van der Waals surface area contributed by atoms with Gasteiger partial charge in [0.1, 0.15) is 5.52 Å². The summed E-state index contributed by atoms with van der Waals surface area (Å²) < 4.78 is 6.42. The quantitative estimate of drug-likeness (QED) is 0.167. The normalized spacial score (nSPS) is 14.0. The van der Waals surface area contributed by atoms with Crippen LogP contribution in [0.4, 0.5) is 17.1 Å². The van der Waals surface area contributed by atoms with Gasteiger partial charge in [0.2, 0.25) is 5.89 Å².